The molecule has 0 fully saturated rings. The second-order valence-corrected chi connectivity index (χ2v) is 5.53. The Labute approximate surface area is 88.7 Å². The first kappa shape index (κ1) is 11.5. The van der Waals surface area contributed by atoms with Gasteiger partial charge in [-0.05, 0) is 11.6 Å². The van der Waals surface area contributed by atoms with Crippen molar-refractivity contribution in [2.45, 2.75) is 0 Å². The van der Waals surface area contributed by atoms with Crippen molar-refractivity contribution in [3.63, 3.8) is 0 Å². The maximum Gasteiger partial charge on any atom is 0.223 e. The summed E-state index contributed by atoms with van der Waals surface area (Å²) in [5.41, 5.74) is 0.913. The normalized spacial score (nSPS) is 15.6. The Hall–Kier alpha value is -0.560. The monoisotopic (exact) mass is 230 g/mol. The molecule has 0 heterocycles. The lowest BCUT2D eigenvalue weighted by atomic mass is 10.2. The lowest BCUT2D eigenvalue weighted by Gasteiger charge is -2.02. The first-order valence-corrected chi connectivity index (χ1v) is 6.71. The molecule has 76 valence electrons. The third-order valence-corrected chi connectivity index (χ3v) is 3.64. The van der Waals surface area contributed by atoms with Crippen LogP contribution in [-0.4, -0.2) is 16.9 Å². The molecule has 0 aliphatic heterocycles. The molecule has 1 atom stereocenters. The fourth-order valence-corrected chi connectivity index (χ4v) is 2.49. The van der Waals surface area contributed by atoms with E-state index in [9.17, 15) is 9.46 Å². The zero-order valence-electron chi connectivity index (χ0n) is 7.64. The van der Waals surface area contributed by atoms with E-state index in [-0.39, 0.29) is 12.0 Å². The number of rotatable bonds is 4. The summed E-state index contributed by atoms with van der Waals surface area (Å²) in [5.74, 6) is 1.54. The van der Waals surface area contributed by atoms with Gasteiger partial charge in [-0.15, -0.1) is 11.6 Å². The molecule has 0 aromatic heterocycles. The van der Waals surface area contributed by atoms with Crippen LogP contribution in [-0.2, 0) is 4.57 Å². The van der Waals surface area contributed by atoms with Crippen molar-refractivity contribution in [1.82, 2.24) is 0 Å². The maximum absolute atomic E-state index is 11.4. The Morgan fingerprint density at radius 1 is 1.36 bits per heavy atom. The molecule has 0 spiro atoms. The highest BCUT2D eigenvalue weighted by molar-refractivity contribution is 7.61. The molecule has 1 unspecified atom stereocenters. The molecule has 0 saturated heterocycles. The summed E-state index contributed by atoms with van der Waals surface area (Å²) < 4.78 is 11.4. The lowest BCUT2D eigenvalue weighted by molar-refractivity contribution is 0.490. The molecule has 14 heavy (non-hydrogen) atoms. The fraction of sp³-hybridized carbons (Fsp3) is 0.200. The Balaban J connectivity index is 2.69. The summed E-state index contributed by atoms with van der Waals surface area (Å²) in [6.45, 7) is 0. The molecule has 0 bridgehead atoms. The standard InChI is InChI=1S/C10H12ClO2P/c11-7-9-14(12,13)8-6-10-4-2-1-3-5-10/h1-6,8H,7,9H2,(H,12,13). The summed E-state index contributed by atoms with van der Waals surface area (Å²) in [6, 6.07) is 9.40. The van der Waals surface area contributed by atoms with E-state index in [0.717, 1.165) is 5.56 Å². The van der Waals surface area contributed by atoms with Gasteiger partial charge in [0.1, 0.15) is 0 Å². The molecule has 1 aromatic carbocycles. The van der Waals surface area contributed by atoms with E-state index in [1.165, 1.54) is 5.82 Å². The average Bonchev–Trinajstić information content (AvgIpc) is 2.17. The highest BCUT2D eigenvalue weighted by Gasteiger charge is 2.11. The van der Waals surface area contributed by atoms with E-state index >= 15 is 0 Å². The van der Waals surface area contributed by atoms with Gasteiger partial charge in [0.2, 0.25) is 7.37 Å². The average molecular weight is 231 g/mol. The van der Waals surface area contributed by atoms with E-state index in [1.807, 2.05) is 30.3 Å². The Morgan fingerprint density at radius 3 is 2.57 bits per heavy atom. The van der Waals surface area contributed by atoms with E-state index in [0.29, 0.717) is 0 Å². The molecular weight excluding hydrogens is 219 g/mol. The molecule has 0 amide bonds. The van der Waals surface area contributed by atoms with Gasteiger partial charge in [0.15, 0.2) is 0 Å². The van der Waals surface area contributed by atoms with E-state index in [1.54, 1.807) is 6.08 Å². The van der Waals surface area contributed by atoms with Crippen molar-refractivity contribution in [1.29, 1.82) is 0 Å². The van der Waals surface area contributed by atoms with Crippen molar-refractivity contribution >= 4 is 25.0 Å². The molecular formula is C10H12ClO2P. The smallest absolute Gasteiger partial charge is 0.223 e. The van der Waals surface area contributed by atoms with Crippen molar-refractivity contribution in [3.05, 3.63) is 41.7 Å². The molecule has 0 radical (unpaired) electrons. The molecule has 1 N–H and O–H groups in total. The third-order valence-electron chi connectivity index (χ3n) is 1.70. The summed E-state index contributed by atoms with van der Waals surface area (Å²) in [5, 5.41) is 0. The fourth-order valence-electron chi connectivity index (χ4n) is 0.962. The Bertz CT molecular complexity index is 348. The quantitative estimate of drug-likeness (QED) is 0.637. The summed E-state index contributed by atoms with van der Waals surface area (Å²) in [7, 11) is -3.17. The predicted molar refractivity (Wildman–Crippen MR) is 60.9 cm³/mol. The number of hydrogen-bond donors (Lipinski definition) is 1. The van der Waals surface area contributed by atoms with Gasteiger partial charge in [-0.3, -0.25) is 4.57 Å². The van der Waals surface area contributed by atoms with Crippen LogP contribution in [0.5, 0.6) is 0 Å². The van der Waals surface area contributed by atoms with Gasteiger partial charge in [0.25, 0.3) is 0 Å². The highest BCUT2D eigenvalue weighted by atomic mass is 35.5. The third kappa shape index (κ3) is 4.10. The van der Waals surface area contributed by atoms with Crippen molar-refractivity contribution in [2.24, 2.45) is 0 Å². The van der Waals surface area contributed by atoms with Crippen LogP contribution in [0.4, 0.5) is 0 Å². The van der Waals surface area contributed by atoms with Crippen LogP contribution in [0, 0.1) is 0 Å². The summed E-state index contributed by atoms with van der Waals surface area (Å²) in [6.07, 6.45) is 1.77. The van der Waals surface area contributed by atoms with Crippen LogP contribution in [0.15, 0.2) is 36.1 Å². The van der Waals surface area contributed by atoms with Gasteiger partial charge >= 0.3 is 0 Å². The molecule has 1 rings (SSSR count). The van der Waals surface area contributed by atoms with Gasteiger partial charge in [-0.25, -0.2) is 0 Å². The molecule has 0 saturated carbocycles. The topological polar surface area (TPSA) is 37.3 Å². The van der Waals surface area contributed by atoms with Gasteiger partial charge < -0.3 is 4.89 Å². The minimum atomic E-state index is -3.17. The number of halogens is 1. The van der Waals surface area contributed by atoms with Gasteiger partial charge in [-0.1, -0.05) is 30.3 Å². The number of benzene rings is 1. The minimum absolute atomic E-state index is 0.123. The number of hydrogen-bond acceptors (Lipinski definition) is 1. The second kappa shape index (κ2) is 5.35. The van der Waals surface area contributed by atoms with Gasteiger partial charge in [0.05, 0.1) is 0 Å². The zero-order chi connectivity index (χ0) is 10.4. The van der Waals surface area contributed by atoms with E-state index in [2.05, 4.69) is 0 Å². The summed E-state index contributed by atoms with van der Waals surface area (Å²) >= 11 is 5.40. The Morgan fingerprint density at radius 2 is 2.00 bits per heavy atom. The van der Waals surface area contributed by atoms with Crippen LogP contribution in [0.25, 0.3) is 6.08 Å². The second-order valence-electron chi connectivity index (χ2n) is 2.89. The SMILES string of the molecule is O=P(O)(C=Cc1ccccc1)CCCl. The lowest BCUT2D eigenvalue weighted by Crippen LogP contribution is -1.85. The van der Waals surface area contributed by atoms with Crippen LogP contribution < -0.4 is 0 Å². The van der Waals surface area contributed by atoms with Crippen LogP contribution in [0.1, 0.15) is 5.56 Å². The largest absolute Gasteiger partial charge is 0.341 e. The number of alkyl halides is 1. The predicted octanol–water partition coefficient (Wildman–Crippen LogP) is 3.17. The maximum atomic E-state index is 11.4. The first-order chi connectivity index (χ1) is 6.64. The van der Waals surface area contributed by atoms with Crippen molar-refractivity contribution in [2.75, 3.05) is 12.0 Å². The molecule has 2 nitrogen and oxygen atoms in total. The van der Waals surface area contributed by atoms with Gasteiger partial charge in [-0.2, -0.15) is 0 Å². The van der Waals surface area contributed by atoms with Crippen molar-refractivity contribution < 1.29 is 9.46 Å². The Kier molecular flexibility index (Phi) is 4.40. The van der Waals surface area contributed by atoms with Crippen molar-refractivity contribution in [3.8, 4) is 0 Å². The van der Waals surface area contributed by atoms with E-state index in [4.69, 9.17) is 11.6 Å². The highest BCUT2D eigenvalue weighted by Crippen LogP contribution is 2.42. The molecule has 1 aromatic rings. The molecule has 0 aliphatic rings. The van der Waals surface area contributed by atoms with Crippen LogP contribution in [0.3, 0.4) is 0 Å². The molecule has 4 heteroatoms. The van der Waals surface area contributed by atoms with Crippen LogP contribution in [0.2, 0.25) is 0 Å². The minimum Gasteiger partial charge on any atom is -0.341 e. The van der Waals surface area contributed by atoms with Gasteiger partial charge in [0, 0.05) is 17.9 Å². The summed E-state index contributed by atoms with van der Waals surface area (Å²) in [4.78, 5) is 9.36. The zero-order valence-corrected chi connectivity index (χ0v) is 9.29. The first-order valence-electron chi connectivity index (χ1n) is 4.26. The van der Waals surface area contributed by atoms with Crippen LogP contribution >= 0.6 is 19.0 Å². The molecule has 0 aliphatic carbocycles. The van der Waals surface area contributed by atoms with E-state index < -0.39 is 7.37 Å².